The van der Waals surface area contributed by atoms with E-state index in [4.69, 9.17) is 22.1 Å². The number of carbonyl (C=O) groups is 1. The summed E-state index contributed by atoms with van der Waals surface area (Å²) in [6, 6.07) is 0. The van der Waals surface area contributed by atoms with Gasteiger partial charge in [-0.3, -0.25) is 0 Å². The molecule has 0 spiro atoms. The summed E-state index contributed by atoms with van der Waals surface area (Å²) in [6.45, 7) is 3.65. The molecule has 0 atom stereocenters. The fourth-order valence-electron chi connectivity index (χ4n) is 3.10. The van der Waals surface area contributed by atoms with Gasteiger partial charge in [-0.2, -0.15) is 0 Å². The molecule has 0 amide bonds. The predicted molar refractivity (Wildman–Crippen MR) is 89.4 cm³/mol. The molecule has 1 aliphatic heterocycles. The van der Waals surface area contributed by atoms with E-state index in [9.17, 15) is 9.90 Å². The maximum Gasteiger partial charge on any atom is 0.339 e. The van der Waals surface area contributed by atoms with E-state index in [1.807, 2.05) is 6.92 Å². The van der Waals surface area contributed by atoms with Gasteiger partial charge in [0.15, 0.2) is 5.75 Å². The molecule has 1 aliphatic rings. The van der Waals surface area contributed by atoms with Gasteiger partial charge in [0.25, 0.3) is 0 Å². The van der Waals surface area contributed by atoms with Gasteiger partial charge in [-0.25, -0.2) is 4.79 Å². The Balaban J connectivity index is 2.69. The Bertz CT molecular complexity index is 569. The average Bonchev–Trinajstić information content (AvgIpc) is 2.52. The van der Waals surface area contributed by atoms with Gasteiger partial charge in [0.2, 0.25) is 0 Å². The van der Waals surface area contributed by atoms with Crippen LogP contribution in [0.1, 0.15) is 48.5 Å². The van der Waals surface area contributed by atoms with Crippen molar-refractivity contribution in [3.05, 3.63) is 16.1 Å². The number of halogens is 1. The van der Waals surface area contributed by atoms with Crippen molar-refractivity contribution in [3.63, 3.8) is 0 Å². The summed E-state index contributed by atoms with van der Waals surface area (Å²) in [5.41, 5.74) is 8.00. The van der Waals surface area contributed by atoms with Crippen LogP contribution in [0.25, 0.3) is 0 Å². The highest BCUT2D eigenvalue weighted by atomic mass is 35.5. The molecule has 1 aromatic rings. The second-order valence-corrected chi connectivity index (χ2v) is 5.94. The van der Waals surface area contributed by atoms with Gasteiger partial charge < -0.3 is 20.5 Å². The maximum absolute atomic E-state index is 11.8. The monoisotopic (exact) mass is 326 g/mol. The van der Waals surface area contributed by atoms with Gasteiger partial charge in [0.1, 0.15) is 11.3 Å². The molecule has 5 nitrogen and oxygen atoms in total. The first-order valence-corrected chi connectivity index (χ1v) is 8.06. The third kappa shape index (κ3) is 2.95. The average molecular weight is 327 g/mol. The minimum atomic E-state index is -1.03. The number of anilines is 2. The number of piperidine rings is 1. The Morgan fingerprint density at radius 1 is 1.36 bits per heavy atom. The number of ether oxygens (including phenoxy) is 1. The summed E-state index contributed by atoms with van der Waals surface area (Å²) in [5.74, 6) is -0.694. The number of carboxylic acids is 1. The number of carboxylic acid groups (broad SMARTS) is 1. The van der Waals surface area contributed by atoms with Crippen molar-refractivity contribution in [3.8, 4) is 5.75 Å². The van der Waals surface area contributed by atoms with Gasteiger partial charge in [-0.1, -0.05) is 24.9 Å². The molecule has 1 heterocycles. The number of hydrogen-bond donors (Lipinski definition) is 2. The van der Waals surface area contributed by atoms with Crippen molar-refractivity contribution >= 4 is 28.9 Å². The van der Waals surface area contributed by atoms with Crippen molar-refractivity contribution in [2.45, 2.75) is 39.0 Å². The van der Waals surface area contributed by atoms with E-state index in [0.29, 0.717) is 34.1 Å². The lowest BCUT2D eigenvalue weighted by Gasteiger charge is -2.32. The Labute approximate surface area is 136 Å². The van der Waals surface area contributed by atoms with E-state index in [-0.39, 0.29) is 5.56 Å². The van der Waals surface area contributed by atoms with Crippen molar-refractivity contribution in [1.29, 1.82) is 0 Å². The summed E-state index contributed by atoms with van der Waals surface area (Å²) < 4.78 is 5.45. The molecule has 122 valence electrons. The molecular weight excluding hydrogens is 304 g/mol. The Morgan fingerprint density at radius 3 is 2.50 bits per heavy atom. The quantitative estimate of drug-likeness (QED) is 0.809. The number of nitrogens with zero attached hydrogens (tertiary/aromatic N) is 1. The molecule has 1 saturated heterocycles. The van der Waals surface area contributed by atoms with Crippen LogP contribution in [-0.4, -0.2) is 31.3 Å². The van der Waals surface area contributed by atoms with Gasteiger partial charge in [0, 0.05) is 13.1 Å². The number of methoxy groups -OCH3 is 1. The molecule has 0 radical (unpaired) electrons. The first-order valence-electron chi connectivity index (χ1n) is 7.68. The van der Waals surface area contributed by atoms with Crippen LogP contribution in [0.2, 0.25) is 5.02 Å². The summed E-state index contributed by atoms with van der Waals surface area (Å²) in [6.07, 6.45) is 4.62. The second-order valence-electron chi connectivity index (χ2n) is 5.57. The highest BCUT2D eigenvalue weighted by molar-refractivity contribution is 6.35. The van der Waals surface area contributed by atoms with E-state index >= 15 is 0 Å². The van der Waals surface area contributed by atoms with E-state index in [0.717, 1.165) is 32.4 Å². The Hall–Kier alpha value is -1.62. The first kappa shape index (κ1) is 16.7. The number of aromatic carboxylic acids is 1. The smallest absolute Gasteiger partial charge is 0.339 e. The van der Waals surface area contributed by atoms with Gasteiger partial charge in [-0.15, -0.1) is 0 Å². The van der Waals surface area contributed by atoms with Gasteiger partial charge in [-0.05, 0) is 31.2 Å². The number of nitrogens with two attached hydrogens (primary N) is 1. The molecule has 2 rings (SSSR count). The first-order chi connectivity index (χ1) is 10.5. The minimum Gasteiger partial charge on any atom is -0.494 e. The number of hydrogen-bond acceptors (Lipinski definition) is 4. The third-order valence-electron chi connectivity index (χ3n) is 4.09. The van der Waals surface area contributed by atoms with E-state index < -0.39 is 5.97 Å². The topological polar surface area (TPSA) is 75.8 Å². The lowest BCUT2D eigenvalue weighted by Crippen LogP contribution is -2.31. The molecule has 0 unspecified atom stereocenters. The van der Waals surface area contributed by atoms with Crippen LogP contribution >= 0.6 is 11.6 Å². The molecule has 0 bridgehead atoms. The predicted octanol–water partition coefficient (Wildman–Crippen LogP) is 3.57. The van der Waals surface area contributed by atoms with Crippen LogP contribution in [0.4, 0.5) is 11.4 Å². The number of benzene rings is 1. The van der Waals surface area contributed by atoms with Crippen LogP contribution < -0.4 is 15.4 Å². The van der Waals surface area contributed by atoms with Crippen molar-refractivity contribution in [2.75, 3.05) is 30.8 Å². The van der Waals surface area contributed by atoms with Crippen LogP contribution in [0.3, 0.4) is 0 Å². The number of nitrogen functional groups attached to an aromatic ring is 1. The van der Waals surface area contributed by atoms with Crippen molar-refractivity contribution < 1.29 is 14.6 Å². The van der Waals surface area contributed by atoms with E-state index in [1.54, 1.807) is 0 Å². The largest absolute Gasteiger partial charge is 0.494 e. The molecule has 3 N–H and O–H groups in total. The van der Waals surface area contributed by atoms with Crippen LogP contribution in [0.5, 0.6) is 5.75 Å². The fourth-order valence-corrected chi connectivity index (χ4v) is 3.37. The molecule has 1 fully saturated rings. The molecule has 1 aromatic carbocycles. The van der Waals surface area contributed by atoms with Crippen molar-refractivity contribution in [1.82, 2.24) is 0 Å². The molecule has 0 aromatic heterocycles. The SMILES string of the molecule is CCCc1c(Cl)c(N)c(N2CCCCC2)c(OC)c1C(=O)O. The zero-order valence-corrected chi connectivity index (χ0v) is 13.9. The Morgan fingerprint density at radius 2 is 2.00 bits per heavy atom. The third-order valence-corrected chi connectivity index (χ3v) is 4.52. The lowest BCUT2D eigenvalue weighted by atomic mass is 9.98. The van der Waals surface area contributed by atoms with E-state index in [1.165, 1.54) is 13.5 Å². The highest BCUT2D eigenvalue weighted by Crippen LogP contribution is 2.46. The molecule has 6 heteroatoms. The second kappa shape index (κ2) is 7.09. The summed E-state index contributed by atoms with van der Waals surface area (Å²) in [7, 11) is 1.48. The highest BCUT2D eigenvalue weighted by Gasteiger charge is 2.29. The normalized spacial score (nSPS) is 15.0. The molecular formula is C16H23ClN2O3. The zero-order valence-electron chi connectivity index (χ0n) is 13.1. The zero-order chi connectivity index (χ0) is 16.3. The minimum absolute atomic E-state index is 0.143. The van der Waals surface area contributed by atoms with Gasteiger partial charge >= 0.3 is 5.97 Å². The molecule has 0 saturated carbocycles. The number of rotatable bonds is 5. The van der Waals surface area contributed by atoms with Crippen molar-refractivity contribution in [2.24, 2.45) is 0 Å². The summed E-state index contributed by atoms with van der Waals surface area (Å²) in [5, 5.41) is 9.99. The van der Waals surface area contributed by atoms with Crippen LogP contribution in [-0.2, 0) is 6.42 Å². The summed E-state index contributed by atoms with van der Waals surface area (Å²) in [4.78, 5) is 13.9. The molecule has 22 heavy (non-hydrogen) atoms. The standard InChI is InChI=1S/C16H23ClN2O3/c1-3-7-10-11(16(20)21)15(22-2)14(13(18)12(10)17)19-8-5-4-6-9-19/h3-9,18H2,1-2H3,(H,20,21). The van der Waals surface area contributed by atoms with Crippen LogP contribution in [0.15, 0.2) is 0 Å². The summed E-state index contributed by atoms with van der Waals surface area (Å²) >= 11 is 6.40. The van der Waals surface area contributed by atoms with Gasteiger partial charge in [0.05, 0.1) is 17.8 Å². The van der Waals surface area contributed by atoms with Crippen LogP contribution in [0, 0.1) is 0 Å². The maximum atomic E-state index is 11.8. The molecule has 0 aliphatic carbocycles. The fraction of sp³-hybridized carbons (Fsp3) is 0.562. The Kier molecular flexibility index (Phi) is 5.40. The van der Waals surface area contributed by atoms with E-state index in [2.05, 4.69) is 4.90 Å². The lowest BCUT2D eigenvalue weighted by molar-refractivity contribution is 0.0692.